The number of carboxylic acids is 1. The summed E-state index contributed by atoms with van der Waals surface area (Å²) in [5.74, 6) is -2.76. The van der Waals surface area contributed by atoms with E-state index >= 15 is 0 Å². The lowest BCUT2D eigenvalue weighted by molar-refractivity contribution is -0.192. The van der Waals surface area contributed by atoms with Gasteiger partial charge in [0.1, 0.15) is 6.10 Å². The van der Waals surface area contributed by atoms with Crippen molar-refractivity contribution in [1.82, 2.24) is 9.88 Å². The first-order valence-electron chi connectivity index (χ1n) is 9.43. The number of carbonyl (C=O) groups is 1. The Labute approximate surface area is 175 Å². The number of fused-ring (bicyclic) bond motifs is 1. The maximum atomic E-state index is 10.6. The van der Waals surface area contributed by atoms with Crippen molar-refractivity contribution in [3.63, 3.8) is 0 Å². The zero-order valence-corrected chi connectivity index (χ0v) is 17.1. The number of aryl methyl sites for hydroxylation is 1. The van der Waals surface area contributed by atoms with Gasteiger partial charge in [0.25, 0.3) is 0 Å². The molecule has 30 heavy (non-hydrogen) atoms. The minimum absolute atomic E-state index is 0.120. The van der Waals surface area contributed by atoms with Gasteiger partial charge in [-0.25, -0.2) is 9.78 Å². The van der Waals surface area contributed by atoms with Crippen molar-refractivity contribution in [2.45, 2.75) is 57.3 Å². The molecule has 0 spiro atoms. The molecule has 0 saturated carbocycles. The van der Waals surface area contributed by atoms with Gasteiger partial charge in [0, 0.05) is 36.7 Å². The molecule has 0 aromatic carbocycles. The monoisotopic (exact) mass is 448 g/mol. The lowest BCUT2D eigenvalue weighted by Gasteiger charge is -2.32. The highest BCUT2D eigenvalue weighted by Crippen LogP contribution is 2.32. The number of likely N-dealkylation sites (tertiary alicyclic amines) is 1. The van der Waals surface area contributed by atoms with E-state index in [9.17, 15) is 13.2 Å². The Hall–Kier alpha value is -1.95. The van der Waals surface area contributed by atoms with Gasteiger partial charge in [-0.05, 0) is 25.8 Å². The summed E-state index contributed by atoms with van der Waals surface area (Å²) in [7, 11) is 0. The van der Waals surface area contributed by atoms with Crippen LogP contribution in [0.3, 0.4) is 0 Å². The van der Waals surface area contributed by atoms with Crippen LogP contribution < -0.4 is 0 Å². The number of furan rings is 1. The number of rotatable bonds is 5. The van der Waals surface area contributed by atoms with E-state index in [0.29, 0.717) is 12.6 Å². The highest BCUT2D eigenvalue weighted by atomic mass is 32.1. The van der Waals surface area contributed by atoms with Gasteiger partial charge in [-0.15, -0.1) is 11.3 Å². The van der Waals surface area contributed by atoms with Crippen molar-refractivity contribution in [2.75, 3.05) is 13.2 Å². The Morgan fingerprint density at radius 3 is 2.83 bits per heavy atom. The molecule has 2 aromatic rings. The van der Waals surface area contributed by atoms with E-state index in [2.05, 4.69) is 15.3 Å². The molecule has 7 nitrogen and oxygen atoms in total. The first-order valence-corrected chi connectivity index (χ1v) is 10.3. The summed E-state index contributed by atoms with van der Waals surface area (Å²) in [6.07, 6.45) is 1.08. The van der Waals surface area contributed by atoms with E-state index in [1.165, 1.54) is 12.0 Å². The number of carboxylic acid groups (broad SMARTS) is 1. The van der Waals surface area contributed by atoms with Crippen molar-refractivity contribution in [3.05, 3.63) is 40.2 Å². The Morgan fingerprint density at radius 1 is 1.47 bits per heavy atom. The molecule has 2 saturated heterocycles. The van der Waals surface area contributed by atoms with Crippen LogP contribution in [0.4, 0.5) is 13.2 Å². The second kappa shape index (κ2) is 9.90. The fourth-order valence-electron chi connectivity index (χ4n) is 3.62. The number of hydrogen-bond acceptors (Lipinski definition) is 7. The molecule has 2 aliphatic heterocycles. The van der Waals surface area contributed by atoms with Crippen LogP contribution in [-0.2, 0) is 27.4 Å². The molecule has 2 aromatic heterocycles. The molecule has 0 amide bonds. The fourth-order valence-corrected chi connectivity index (χ4v) is 4.21. The Bertz CT molecular complexity index is 811. The SMILES string of the molecule is Cc1nc(CO[C@@H]2CN(Cc3ccoc3)[C@@H]3CCCO[C@@H]32)cs1.O=C(O)C(F)(F)F. The molecule has 3 atom stereocenters. The summed E-state index contributed by atoms with van der Waals surface area (Å²) in [5.41, 5.74) is 2.23. The van der Waals surface area contributed by atoms with Gasteiger partial charge >= 0.3 is 12.1 Å². The lowest BCUT2D eigenvalue weighted by atomic mass is 10.0. The molecular weight excluding hydrogens is 425 g/mol. The standard InChI is InChI=1S/C17H22N2O3S.C2HF3O2/c1-12-18-14(11-23-12)10-22-16-8-19(7-13-4-6-20-9-13)15-3-2-5-21-17(15)16;3-2(4,5)1(6)7/h4,6,9,11,15-17H,2-3,5,7-8,10H2,1H3;(H,6,7)/t15-,16-,17+;/m1./s1. The number of thiazole rings is 1. The average Bonchev–Trinajstić information content (AvgIpc) is 3.42. The summed E-state index contributed by atoms with van der Waals surface area (Å²) in [4.78, 5) is 15.9. The lowest BCUT2D eigenvalue weighted by Crippen LogP contribution is -2.41. The van der Waals surface area contributed by atoms with Gasteiger partial charge in [0.05, 0.1) is 35.9 Å². The Kier molecular flexibility index (Phi) is 7.50. The molecular formula is C19H23F3N2O5S. The van der Waals surface area contributed by atoms with Crippen molar-refractivity contribution in [1.29, 1.82) is 0 Å². The summed E-state index contributed by atoms with van der Waals surface area (Å²) in [6.45, 7) is 5.24. The van der Waals surface area contributed by atoms with Crippen LogP contribution in [0.1, 0.15) is 29.1 Å². The molecule has 2 fully saturated rings. The molecule has 4 heterocycles. The minimum atomic E-state index is -5.08. The maximum Gasteiger partial charge on any atom is 0.490 e. The zero-order chi connectivity index (χ0) is 21.7. The number of aromatic nitrogens is 1. The first kappa shape index (κ1) is 22.7. The van der Waals surface area contributed by atoms with E-state index in [1.54, 1.807) is 17.6 Å². The van der Waals surface area contributed by atoms with Crippen LogP contribution >= 0.6 is 11.3 Å². The smallest absolute Gasteiger partial charge is 0.475 e. The molecule has 11 heteroatoms. The average molecular weight is 448 g/mol. The largest absolute Gasteiger partial charge is 0.490 e. The molecule has 0 aliphatic carbocycles. The van der Waals surface area contributed by atoms with Crippen molar-refractivity contribution >= 4 is 17.3 Å². The summed E-state index contributed by atoms with van der Waals surface area (Å²) in [6, 6.07) is 2.48. The highest BCUT2D eigenvalue weighted by Gasteiger charge is 2.44. The van der Waals surface area contributed by atoms with Crippen molar-refractivity contribution in [2.24, 2.45) is 0 Å². The van der Waals surface area contributed by atoms with Crippen LogP contribution in [-0.4, -0.2) is 58.5 Å². The zero-order valence-electron chi connectivity index (χ0n) is 16.3. The van der Waals surface area contributed by atoms with Gasteiger partial charge < -0.3 is 19.0 Å². The second-order valence-electron chi connectivity index (χ2n) is 7.12. The van der Waals surface area contributed by atoms with E-state index in [0.717, 1.165) is 36.8 Å². The summed E-state index contributed by atoms with van der Waals surface area (Å²) >= 11 is 1.67. The van der Waals surface area contributed by atoms with Gasteiger partial charge in [-0.3, -0.25) is 4.90 Å². The van der Waals surface area contributed by atoms with E-state index in [-0.39, 0.29) is 12.2 Å². The van der Waals surface area contributed by atoms with Gasteiger partial charge in [-0.1, -0.05) is 0 Å². The maximum absolute atomic E-state index is 10.6. The number of ether oxygens (including phenoxy) is 2. The van der Waals surface area contributed by atoms with Crippen LogP contribution in [0.25, 0.3) is 0 Å². The third kappa shape index (κ3) is 6.03. The van der Waals surface area contributed by atoms with E-state index < -0.39 is 12.1 Å². The summed E-state index contributed by atoms with van der Waals surface area (Å²) in [5, 5.41) is 10.3. The fraction of sp³-hybridized carbons (Fsp3) is 0.579. The predicted octanol–water partition coefficient (Wildman–Crippen LogP) is 3.63. The van der Waals surface area contributed by atoms with Crippen LogP contribution in [0.5, 0.6) is 0 Å². The molecule has 166 valence electrons. The molecule has 2 aliphatic rings. The quantitative estimate of drug-likeness (QED) is 0.748. The Balaban J connectivity index is 0.000000318. The number of alkyl halides is 3. The minimum Gasteiger partial charge on any atom is -0.475 e. The van der Waals surface area contributed by atoms with Crippen molar-refractivity contribution < 1.29 is 37.0 Å². The number of hydrogen-bond donors (Lipinski definition) is 1. The Morgan fingerprint density at radius 2 is 2.23 bits per heavy atom. The van der Waals surface area contributed by atoms with Crippen LogP contribution in [0.2, 0.25) is 0 Å². The second-order valence-corrected chi connectivity index (χ2v) is 8.18. The molecule has 0 unspecified atom stereocenters. The number of halogens is 3. The summed E-state index contributed by atoms with van der Waals surface area (Å²) < 4.78 is 49.2. The topological polar surface area (TPSA) is 85.0 Å². The van der Waals surface area contributed by atoms with Gasteiger partial charge in [-0.2, -0.15) is 13.2 Å². The predicted molar refractivity (Wildman–Crippen MR) is 101 cm³/mol. The van der Waals surface area contributed by atoms with Crippen molar-refractivity contribution in [3.8, 4) is 0 Å². The van der Waals surface area contributed by atoms with Gasteiger partial charge in [0.2, 0.25) is 0 Å². The molecule has 4 rings (SSSR count). The molecule has 0 bridgehead atoms. The normalized spacial score (nSPS) is 24.2. The van der Waals surface area contributed by atoms with E-state index in [4.69, 9.17) is 23.8 Å². The molecule has 0 radical (unpaired) electrons. The van der Waals surface area contributed by atoms with E-state index in [1.807, 2.05) is 19.3 Å². The van der Waals surface area contributed by atoms with Gasteiger partial charge in [0.15, 0.2) is 0 Å². The van der Waals surface area contributed by atoms with Crippen LogP contribution in [0.15, 0.2) is 28.4 Å². The number of nitrogens with zero attached hydrogens (tertiary/aromatic N) is 2. The highest BCUT2D eigenvalue weighted by molar-refractivity contribution is 7.09. The third-order valence-electron chi connectivity index (χ3n) is 4.90. The third-order valence-corrected chi connectivity index (χ3v) is 5.73. The first-order chi connectivity index (χ1) is 14.2. The molecule has 1 N–H and O–H groups in total. The van der Waals surface area contributed by atoms with Crippen LogP contribution in [0, 0.1) is 6.92 Å². The number of aliphatic carboxylic acids is 1.